The number of carbonyl (C=O) groups excluding carboxylic acids is 1. The zero-order chi connectivity index (χ0) is 18.1. The number of rotatable bonds is 4. The van der Waals surface area contributed by atoms with E-state index in [9.17, 15) is 4.79 Å². The second kappa shape index (κ2) is 6.88. The van der Waals surface area contributed by atoms with Crippen molar-refractivity contribution >= 4 is 28.8 Å². The summed E-state index contributed by atoms with van der Waals surface area (Å²) >= 11 is 1.70. The summed E-state index contributed by atoms with van der Waals surface area (Å²) in [5.41, 5.74) is 3.14. The first-order valence-corrected chi connectivity index (χ1v) is 9.37. The molecule has 0 saturated carbocycles. The monoisotopic (exact) mass is 365 g/mol. The first-order chi connectivity index (χ1) is 12.6. The lowest BCUT2D eigenvalue weighted by Gasteiger charge is -2.23. The number of Topliss-reactive ketones (excluding diaryl/α,β-unsaturated/α-hetero) is 1. The number of benzene rings is 1. The molecule has 132 valence electrons. The summed E-state index contributed by atoms with van der Waals surface area (Å²) in [6.45, 7) is 1.88. The highest BCUT2D eigenvalue weighted by molar-refractivity contribution is 7.10. The van der Waals surface area contributed by atoms with Gasteiger partial charge in [0, 0.05) is 22.9 Å². The van der Waals surface area contributed by atoms with Gasteiger partial charge in [-0.1, -0.05) is 6.07 Å². The van der Waals surface area contributed by atoms with E-state index in [0.29, 0.717) is 17.9 Å². The van der Waals surface area contributed by atoms with Crippen LogP contribution in [0, 0.1) is 6.92 Å². The number of thiophene rings is 1. The molecule has 0 saturated heterocycles. The highest BCUT2D eigenvalue weighted by Crippen LogP contribution is 2.35. The number of hydrogen-bond donors (Lipinski definition) is 1. The number of methoxy groups -OCH3 is 1. The molecule has 0 radical (unpaired) electrons. The Labute approximate surface area is 156 Å². The van der Waals surface area contributed by atoms with Crippen LogP contribution in [0.25, 0.3) is 0 Å². The maximum atomic E-state index is 12.6. The van der Waals surface area contributed by atoms with Gasteiger partial charge in [0.1, 0.15) is 5.75 Å². The van der Waals surface area contributed by atoms with Crippen molar-refractivity contribution in [3.05, 3.63) is 63.6 Å². The van der Waals surface area contributed by atoms with E-state index in [-0.39, 0.29) is 11.7 Å². The van der Waals surface area contributed by atoms with Crippen molar-refractivity contribution in [2.45, 2.75) is 25.7 Å². The van der Waals surface area contributed by atoms with Gasteiger partial charge in [0.2, 0.25) is 5.95 Å². The highest BCUT2D eigenvalue weighted by Gasteiger charge is 2.30. The van der Waals surface area contributed by atoms with E-state index in [0.717, 1.165) is 29.2 Å². The first kappa shape index (κ1) is 16.7. The average molecular weight is 365 g/mol. The molecule has 0 spiro atoms. The van der Waals surface area contributed by atoms with Gasteiger partial charge in [-0.3, -0.25) is 4.79 Å². The van der Waals surface area contributed by atoms with E-state index in [1.807, 2.05) is 37.3 Å². The van der Waals surface area contributed by atoms with E-state index in [4.69, 9.17) is 4.74 Å². The molecule has 2 aromatic heterocycles. The van der Waals surface area contributed by atoms with Crippen LogP contribution in [-0.4, -0.2) is 22.9 Å². The number of fused-ring (bicyclic) bond motifs is 1. The normalized spacial score (nSPS) is 16.2. The molecule has 4 rings (SSSR count). The second-order valence-corrected chi connectivity index (χ2v) is 7.33. The fraction of sp³-hybridized carbons (Fsp3) is 0.250. The van der Waals surface area contributed by atoms with Crippen LogP contribution in [0.2, 0.25) is 0 Å². The van der Waals surface area contributed by atoms with Crippen molar-refractivity contribution in [2.24, 2.45) is 0 Å². The maximum Gasteiger partial charge on any atom is 0.227 e. The SMILES string of the molecule is COc1ccc(Nc2nc(C)c3c(n2)CC(c2cccs2)CC3=O)cc1. The fourth-order valence-corrected chi connectivity index (χ4v) is 4.19. The zero-order valence-corrected chi connectivity index (χ0v) is 15.5. The van der Waals surface area contributed by atoms with Crippen LogP contribution in [0.15, 0.2) is 41.8 Å². The number of ketones is 1. The van der Waals surface area contributed by atoms with Crippen LogP contribution in [0.5, 0.6) is 5.75 Å². The van der Waals surface area contributed by atoms with Crippen molar-refractivity contribution in [1.29, 1.82) is 0 Å². The molecule has 0 fully saturated rings. The lowest BCUT2D eigenvalue weighted by molar-refractivity contribution is 0.0962. The summed E-state index contributed by atoms with van der Waals surface area (Å²) in [5.74, 6) is 1.66. The van der Waals surface area contributed by atoms with E-state index >= 15 is 0 Å². The molecule has 1 atom stereocenters. The fourth-order valence-electron chi connectivity index (χ4n) is 3.36. The van der Waals surface area contributed by atoms with Crippen LogP contribution in [0.4, 0.5) is 11.6 Å². The second-order valence-electron chi connectivity index (χ2n) is 6.35. The number of aryl methyl sites for hydroxylation is 1. The van der Waals surface area contributed by atoms with Gasteiger partial charge < -0.3 is 10.1 Å². The molecule has 1 aromatic carbocycles. The minimum absolute atomic E-state index is 0.137. The van der Waals surface area contributed by atoms with Gasteiger partial charge in [-0.25, -0.2) is 9.97 Å². The Kier molecular flexibility index (Phi) is 4.42. The van der Waals surface area contributed by atoms with E-state index in [1.165, 1.54) is 4.88 Å². The summed E-state index contributed by atoms with van der Waals surface area (Å²) in [6.07, 6.45) is 1.30. The predicted octanol–water partition coefficient (Wildman–Crippen LogP) is 4.51. The Morgan fingerprint density at radius 1 is 1.15 bits per heavy atom. The minimum Gasteiger partial charge on any atom is -0.497 e. The number of nitrogens with zero attached hydrogens (tertiary/aromatic N) is 2. The molecule has 6 heteroatoms. The summed E-state index contributed by atoms with van der Waals surface area (Å²) in [4.78, 5) is 23.0. The Balaban J connectivity index is 1.63. The third-order valence-corrected chi connectivity index (χ3v) is 5.64. The average Bonchev–Trinajstić information content (AvgIpc) is 3.16. The number of carbonyl (C=O) groups is 1. The molecule has 0 aliphatic heterocycles. The van der Waals surface area contributed by atoms with Crippen LogP contribution in [0.3, 0.4) is 0 Å². The van der Waals surface area contributed by atoms with Crippen molar-refractivity contribution in [2.75, 3.05) is 12.4 Å². The Morgan fingerprint density at radius 3 is 2.65 bits per heavy atom. The third kappa shape index (κ3) is 3.20. The maximum absolute atomic E-state index is 12.6. The number of anilines is 2. The number of ether oxygens (including phenoxy) is 1. The number of aromatic nitrogens is 2. The van der Waals surface area contributed by atoms with Crippen LogP contribution in [0.1, 0.15) is 39.0 Å². The van der Waals surface area contributed by atoms with Crippen LogP contribution >= 0.6 is 11.3 Å². The third-order valence-electron chi connectivity index (χ3n) is 4.61. The smallest absolute Gasteiger partial charge is 0.227 e. The van der Waals surface area contributed by atoms with Crippen molar-refractivity contribution in [3.8, 4) is 5.75 Å². The summed E-state index contributed by atoms with van der Waals surface area (Å²) < 4.78 is 5.18. The standard InChI is InChI=1S/C20H19N3O2S/c1-12-19-16(10-13(11-17(19)24)18-4-3-9-26-18)23-20(21-12)22-14-5-7-15(25-2)8-6-14/h3-9,13H,10-11H2,1-2H3,(H,21,22,23). The Bertz CT molecular complexity index is 936. The molecule has 1 aliphatic rings. The lowest BCUT2D eigenvalue weighted by atomic mass is 9.84. The van der Waals surface area contributed by atoms with Crippen LogP contribution in [-0.2, 0) is 6.42 Å². The van der Waals surface area contributed by atoms with Gasteiger partial charge in [-0.2, -0.15) is 0 Å². The molecule has 0 bridgehead atoms. The van der Waals surface area contributed by atoms with E-state index in [1.54, 1.807) is 18.4 Å². The number of nitrogens with one attached hydrogen (secondary N) is 1. The molecule has 1 aliphatic carbocycles. The van der Waals surface area contributed by atoms with Gasteiger partial charge in [0.05, 0.1) is 24.1 Å². The van der Waals surface area contributed by atoms with Gasteiger partial charge in [-0.15, -0.1) is 11.3 Å². The molecular weight excluding hydrogens is 346 g/mol. The van der Waals surface area contributed by atoms with Crippen molar-refractivity contribution in [3.63, 3.8) is 0 Å². The molecule has 2 heterocycles. The summed E-state index contributed by atoms with van der Waals surface area (Å²) in [7, 11) is 1.64. The Morgan fingerprint density at radius 2 is 1.96 bits per heavy atom. The van der Waals surface area contributed by atoms with E-state index in [2.05, 4.69) is 26.7 Å². The minimum atomic E-state index is 0.137. The summed E-state index contributed by atoms with van der Waals surface area (Å²) in [5, 5.41) is 5.28. The number of hydrogen-bond acceptors (Lipinski definition) is 6. The topological polar surface area (TPSA) is 64.1 Å². The first-order valence-electron chi connectivity index (χ1n) is 8.49. The molecule has 26 heavy (non-hydrogen) atoms. The molecule has 0 amide bonds. The quantitative estimate of drug-likeness (QED) is 0.737. The zero-order valence-electron chi connectivity index (χ0n) is 14.7. The van der Waals surface area contributed by atoms with E-state index < -0.39 is 0 Å². The molecular formula is C20H19N3O2S. The predicted molar refractivity (Wildman–Crippen MR) is 103 cm³/mol. The van der Waals surface area contributed by atoms with Crippen LogP contribution < -0.4 is 10.1 Å². The molecule has 3 aromatic rings. The summed E-state index contributed by atoms with van der Waals surface area (Å²) in [6, 6.07) is 11.7. The largest absolute Gasteiger partial charge is 0.497 e. The van der Waals surface area contributed by atoms with Gasteiger partial charge in [-0.05, 0) is 49.1 Å². The van der Waals surface area contributed by atoms with Crippen molar-refractivity contribution < 1.29 is 9.53 Å². The Hall–Kier alpha value is -2.73. The molecule has 1 unspecified atom stereocenters. The molecule has 1 N–H and O–H groups in total. The lowest BCUT2D eigenvalue weighted by Crippen LogP contribution is -2.22. The highest BCUT2D eigenvalue weighted by atomic mass is 32.1. The van der Waals surface area contributed by atoms with Crippen molar-refractivity contribution in [1.82, 2.24) is 9.97 Å². The molecule has 5 nitrogen and oxygen atoms in total. The van der Waals surface area contributed by atoms with Gasteiger partial charge >= 0.3 is 0 Å². The van der Waals surface area contributed by atoms with Gasteiger partial charge in [0.15, 0.2) is 5.78 Å². The van der Waals surface area contributed by atoms with Gasteiger partial charge in [0.25, 0.3) is 0 Å².